The average molecular weight is 326 g/mol. The van der Waals surface area contributed by atoms with Crippen molar-refractivity contribution < 1.29 is 19.8 Å². The second kappa shape index (κ2) is 8.29. The number of ketones is 2. The number of hydrogen-bond acceptors (Lipinski definition) is 4. The number of hydrogen-bond donors (Lipinski definition) is 2. The maximum atomic E-state index is 12.3. The van der Waals surface area contributed by atoms with E-state index in [9.17, 15) is 19.8 Å². The molecular weight excluding hydrogens is 304 g/mol. The summed E-state index contributed by atoms with van der Waals surface area (Å²) in [7, 11) is 0. The molecule has 2 aromatic carbocycles. The van der Waals surface area contributed by atoms with Gasteiger partial charge < -0.3 is 15.0 Å². The third-order valence-corrected chi connectivity index (χ3v) is 4.00. The standard InChI is InChI=1S/C20H22O4/c1-14(21)12-17(16-5-10-19(23)11-6-16)13-20(24)9-4-15-2-7-18(22)8-3-15/h2-3,5-8,10-11,17,22-23H,4,9,12-13H2,1H3. The maximum absolute atomic E-state index is 12.3. The average Bonchev–Trinajstić information content (AvgIpc) is 2.54. The molecule has 126 valence electrons. The van der Waals surface area contributed by atoms with E-state index < -0.39 is 0 Å². The van der Waals surface area contributed by atoms with Crippen LogP contribution in [0.3, 0.4) is 0 Å². The predicted octanol–water partition coefficient (Wildman–Crippen LogP) is 3.75. The van der Waals surface area contributed by atoms with E-state index in [0.29, 0.717) is 25.7 Å². The van der Waals surface area contributed by atoms with Gasteiger partial charge in [0.15, 0.2) is 0 Å². The number of aryl methyl sites for hydroxylation is 1. The summed E-state index contributed by atoms with van der Waals surface area (Å²) in [6.45, 7) is 1.52. The fraction of sp³-hybridized carbons (Fsp3) is 0.300. The zero-order chi connectivity index (χ0) is 17.5. The van der Waals surface area contributed by atoms with Gasteiger partial charge >= 0.3 is 0 Å². The van der Waals surface area contributed by atoms with E-state index >= 15 is 0 Å². The molecule has 0 amide bonds. The fourth-order valence-corrected chi connectivity index (χ4v) is 2.72. The highest BCUT2D eigenvalue weighted by Crippen LogP contribution is 2.26. The molecule has 2 N–H and O–H groups in total. The lowest BCUT2D eigenvalue weighted by molar-refractivity contribution is -0.120. The topological polar surface area (TPSA) is 74.6 Å². The molecular formula is C20H22O4. The Morgan fingerprint density at radius 3 is 1.96 bits per heavy atom. The van der Waals surface area contributed by atoms with Crippen LogP contribution in [0.4, 0.5) is 0 Å². The summed E-state index contributed by atoms with van der Waals surface area (Å²) in [5.41, 5.74) is 1.88. The van der Waals surface area contributed by atoms with E-state index in [4.69, 9.17) is 0 Å². The molecule has 2 aromatic rings. The Labute approximate surface area is 141 Å². The Morgan fingerprint density at radius 2 is 1.42 bits per heavy atom. The molecule has 0 aliphatic carbocycles. The number of phenolic OH excluding ortho intramolecular Hbond substituents is 2. The van der Waals surface area contributed by atoms with Gasteiger partial charge in [-0.25, -0.2) is 0 Å². The van der Waals surface area contributed by atoms with Gasteiger partial charge in [-0.3, -0.25) is 4.79 Å². The molecule has 1 atom stereocenters. The zero-order valence-corrected chi connectivity index (χ0v) is 13.7. The van der Waals surface area contributed by atoms with Crippen molar-refractivity contribution in [2.75, 3.05) is 0 Å². The Bertz CT molecular complexity index is 687. The molecule has 4 nitrogen and oxygen atoms in total. The molecule has 0 bridgehead atoms. The Balaban J connectivity index is 1.97. The van der Waals surface area contributed by atoms with Gasteiger partial charge in [0, 0.05) is 19.3 Å². The summed E-state index contributed by atoms with van der Waals surface area (Å²) in [5.74, 6) is 0.357. The van der Waals surface area contributed by atoms with E-state index in [-0.39, 0.29) is 29.0 Å². The largest absolute Gasteiger partial charge is 0.508 e. The molecule has 1 unspecified atom stereocenters. The van der Waals surface area contributed by atoms with Crippen molar-refractivity contribution in [1.29, 1.82) is 0 Å². The third-order valence-electron chi connectivity index (χ3n) is 4.00. The van der Waals surface area contributed by atoms with Crippen LogP contribution in [0.15, 0.2) is 48.5 Å². The molecule has 0 saturated heterocycles. The Hall–Kier alpha value is -2.62. The lowest BCUT2D eigenvalue weighted by Gasteiger charge is -2.15. The summed E-state index contributed by atoms with van der Waals surface area (Å²) < 4.78 is 0. The van der Waals surface area contributed by atoms with Crippen LogP contribution in [-0.2, 0) is 16.0 Å². The van der Waals surface area contributed by atoms with Gasteiger partial charge in [-0.15, -0.1) is 0 Å². The van der Waals surface area contributed by atoms with E-state index in [1.807, 2.05) is 0 Å². The van der Waals surface area contributed by atoms with Gasteiger partial charge in [0.05, 0.1) is 0 Å². The van der Waals surface area contributed by atoms with Crippen LogP contribution in [0.25, 0.3) is 0 Å². The quantitative estimate of drug-likeness (QED) is 0.774. The first-order chi connectivity index (χ1) is 11.4. The number of phenols is 2. The summed E-state index contributed by atoms with van der Waals surface area (Å²) in [6.07, 6.45) is 1.64. The van der Waals surface area contributed by atoms with Crippen LogP contribution < -0.4 is 0 Å². The molecule has 2 rings (SSSR count). The highest BCUT2D eigenvalue weighted by atomic mass is 16.3. The van der Waals surface area contributed by atoms with E-state index in [1.165, 1.54) is 6.92 Å². The van der Waals surface area contributed by atoms with Crippen LogP contribution in [0.5, 0.6) is 11.5 Å². The molecule has 0 saturated carbocycles. The number of aromatic hydroxyl groups is 2. The first-order valence-corrected chi connectivity index (χ1v) is 8.02. The first kappa shape index (κ1) is 17.7. The SMILES string of the molecule is CC(=O)CC(CC(=O)CCc1ccc(O)cc1)c1ccc(O)cc1. The number of carbonyl (C=O) groups excluding carboxylic acids is 2. The monoisotopic (exact) mass is 326 g/mol. The second-order valence-corrected chi connectivity index (χ2v) is 6.10. The number of Topliss-reactive ketones (excluding diaryl/α,β-unsaturated/α-hetero) is 2. The van der Waals surface area contributed by atoms with Gasteiger partial charge in [-0.2, -0.15) is 0 Å². The third kappa shape index (κ3) is 5.54. The summed E-state index contributed by atoms with van der Waals surface area (Å²) in [4.78, 5) is 23.8. The molecule has 4 heteroatoms. The van der Waals surface area contributed by atoms with Gasteiger partial charge in [0.25, 0.3) is 0 Å². The molecule has 0 radical (unpaired) electrons. The molecule has 0 spiro atoms. The van der Waals surface area contributed by atoms with Gasteiger partial charge in [-0.05, 0) is 54.7 Å². The molecule has 0 heterocycles. The van der Waals surface area contributed by atoms with Crippen LogP contribution in [0.2, 0.25) is 0 Å². The number of rotatable bonds is 8. The van der Waals surface area contributed by atoms with Crippen molar-refractivity contribution in [3.8, 4) is 11.5 Å². The lowest BCUT2D eigenvalue weighted by Crippen LogP contribution is -2.11. The first-order valence-electron chi connectivity index (χ1n) is 8.02. The Kier molecular flexibility index (Phi) is 6.13. The smallest absolute Gasteiger partial charge is 0.133 e. The summed E-state index contributed by atoms with van der Waals surface area (Å²) in [5, 5.41) is 18.6. The maximum Gasteiger partial charge on any atom is 0.133 e. The highest BCUT2D eigenvalue weighted by molar-refractivity contribution is 5.82. The minimum atomic E-state index is -0.157. The number of carbonyl (C=O) groups is 2. The van der Waals surface area contributed by atoms with Crippen LogP contribution >= 0.6 is 0 Å². The van der Waals surface area contributed by atoms with Crippen molar-refractivity contribution in [1.82, 2.24) is 0 Å². The van der Waals surface area contributed by atoms with E-state index in [2.05, 4.69) is 0 Å². The lowest BCUT2D eigenvalue weighted by atomic mass is 9.88. The van der Waals surface area contributed by atoms with Crippen molar-refractivity contribution in [2.45, 2.75) is 38.5 Å². The van der Waals surface area contributed by atoms with Gasteiger partial charge in [0.1, 0.15) is 23.1 Å². The van der Waals surface area contributed by atoms with Crippen molar-refractivity contribution in [2.24, 2.45) is 0 Å². The minimum Gasteiger partial charge on any atom is -0.508 e. The van der Waals surface area contributed by atoms with E-state index in [1.54, 1.807) is 48.5 Å². The molecule has 0 fully saturated rings. The van der Waals surface area contributed by atoms with Crippen molar-refractivity contribution >= 4 is 11.6 Å². The predicted molar refractivity (Wildman–Crippen MR) is 92.2 cm³/mol. The molecule has 0 aliphatic rings. The van der Waals surface area contributed by atoms with Crippen molar-refractivity contribution in [3.05, 3.63) is 59.7 Å². The van der Waals surface area contributed by atoms with Crippen molar-refractivity contribution in [3.63, 3.8) is 0 Å². The summed E-state index contributed by atoms with van der Waals surface area (Å²) in [6, 6.07) is 13.5. The molecule has 24 heavy (non-hydrogen) atoms. The zero-order valence-electron chi connectivity index (χ0n) is 13.7. The van der Waals surface area contributed by atoms with Crippen LogP contribution in [-0.4, -0.2) is 21.8 Å². The van der Waals surface area contributed by atoms with Crippen LogP contribution in [0, 0.1) is 0 Å². The Morgan fingerprint density at radius 1 is 0.875 bits per heavy atom. The van der Waals surface area contributed by atoms with Gasteiger partial charge in [0.2, 0.25) is 0 Å². The fourth-order valence-electron chi connectivity index (χ4n) is 2.72. The molecule has 0 aromatic heterocycles. The normalized spacial score (nSPS) is 11.9. The van der Waals surface area contributed by atoms with Gasteiger partial charge in [-0.1, -0.05) is 24.3 Å². The molecule has 0 aliphatic heterocycles. The van der Waals surface area contributed by atoms with E-state index in [0.717, 1.165) is 11.1 Å². The van der Waals surface area contributed by atoms with Crippen LogP contribution in [0.1, 0.15) is 43.2 Å². The highest BCUT2D eigenvalue weighted by Gasteiger charge is 2.18. The number of benzene rings is 2. The minimum absolute atomic E-state index is 0.0411. The second-order valence-electron chi connectivity index (χ2n) is 6.10. The summed E-state index contributed by atoms with van der Waals surface area (Å²) >= 11 is 0.